The van der Waals surface area contributed by atoms with E-state index in [9.17, 15) is 4.39 Å². The molecular formula is C19H16FN3. The van der Waals surface area contributed by atoms with Crippen LogP contribution in [0.3, 0.4) is 0 Å². The van der Waals surface area contributed by atoms with E-state index in [1.54, 1.807) is 6.20 Å². The molecule has 1 aliphatic carbocycles. The van der Waals surface area contributed by atoms with Crippen LogP contribution in [0.25, 0.3) is 11.3 Å². The van der Waals surface area contributed by atoms with Crippen molar-refractivity contribution in [2.24, 2.45) is 0 Å². The highest BCUT2D eigenvalue weighted by molar-refractivity contribution is 5.60. The second kappa shape index (κ2) is 5.47. The molecule has 4 heteroatoms. The topological polar surface area (TPSA) is 37.8 Å². The Bertz CT molecular complexity index is 812. The SMILES string of the molecule is Fc1ccc(C2(Nc3nccc(-c4ccccc4)n3)CC2)cc1. The van der Waals surface area contributed by atoms with Gasteiger partial charge in [-0.1, -0.05) is 42.5 Å². The van der Waals surface area contributed by atoms with Gasteiger partial charge in [0.2, 0.25) is 5.95 Å². The molecule has 1 aliphatic rings. The number of nitrogens with one attached hydrogen (secondary N) is 1. The maximum absolute atomic E-state index is 13.1. The van der Waals surface area contributed by atoms with Crippen molar-refractivity contribution in [3.63, 3.8) is 0 Å². The maximum atomic E-state index is 13.1. The summed E-state index contributed by atoms with van der Waals surface area (Å²) in [6.45, 7) is 0. The Kier molecular flexibility index (Phi) is 3.30. The van der Waals surface area contributed by atoms with Gasteiger partial charge in [-0.3, -0.25) is 0 Å². The summed E-state index contributed by atoms with van der Waals surface area (Å²) in [6.07, 6.45) is 3.76. The highest BCUT2D eigenvalue weighted by Crippen LogP contribution is 2.47. The van der Waals surface area contributed by atoms with E-state index in [1.165, 1.54) is 12.1 Å². The Labute approximate surface area is 134 Å². The van der Waals surface area contributed by atoms with E-state index in [0.717, 1.165) is 29.7 Å². The Morgan fingerprint density at radius 3 is 2.35 bits per heavy atom. The van der Waals surface area contributed by atoms with E-state index < -0.39 is 0 Å². The van der Waals surface area contributed by atoms with Gasteiger partial charge < -0.3 is 5.32 Å². The van der Waals surface area contributed by atoms with Crippen LogP contribution >= 0.6 is 0 Å². The summed E-state index contributed by atoms with van der Waals surface area (Å²) >= 11 is 0. The van der Waals surface area contributed by atoms with Crippen LogP contribution in [-0.2, 0) is 5.54 Å². The lowest BCUT2D eigenvalue weighted by molar-refractivity contribution is 0.625. The largest absolute Gasteiger partial charge is 0.345 e. The van der Waals surface area contributed by atoms with Crippen molar-refractivity contribution in [2.45, 2.75) is 18.4 Å². The molecule has 1 heterocycles. The summed E-state index contributed by atoms with van der Waals surface area (Å²) in [7, 11) is 0. The fraction of sp³-hybridized carbons (Fsp3) is 0.158. The van der Waals surface area contributed by atoms with E-state index in [-0.39, 0.29) is 11.4 Å². The van der Waals surface area contributed by atoms with E-state index in [1.807, 2.05) is 48.5 Å². The van der Waals surface area contributed by atoms with Gasteiger partial charge in [0.15, 0.2) is 0 Å². The molecule has 1 fully saturated rings. The molecule has 23 heavy (non-hydrogen) atoms. The molecule has 0 amide bonds. The first kappa shape index (κ1) is 13.9. The number of benzene rings is 2. The number of nitrogens with zero attached hydrogens (tertiary/aromatic N) is 2. The second-order valence-corrected chi connectivity index (χ2v) is 5.85. The van der Waals surface area contributed by atoms with Crippen LogP contribution in [0.1, 0.15) is 18.4 Å². The van der Waals surface area contributed by atoms with Crippen molar-refractivity contribution in [1.29, 1.82) is 0 Å². The number of hydrogen-bond acceptors (Lipinski definition) is 3. The molecule has 0 saturated heterocycles. The van der Waals surface area contributed by atoms with E-state index in [2.05, 4.69) is 15.3 Å². The first-order valence-electron chi connectivity index (χ1n) is 7.68. The van der Waals surface area contributed by atoms with Gasteiger partial charge in [0.05, 0.1) is 11.2 Å². The Balaban J connectivity index is 1.61. The summed E-state index contributed by atoms with van der Waals surface area (Å²) in [6, 6.07) is 18.6. The number of aromatic nitrogens is 2. The van der Waals surface area contributed by atoms with E-state index >= 15 is 0 Å². The summed E-state index contributed by atoms with van der Waals surface area (Å²) in [5.41, 5.74) is 2.86. The number of anilines is 1. The van der Waals surface area contributed by atoms with Crippen molar-refractivity contribution in [2.75, 3.05) is 5.32 Å². The van der Waals surface area contributed by atoms with Gasteiger partial charge >= 0.3 is 0 Å². The molecule has 1 saturated carbocycles. The molecule has 0 aliphatic heterocycles. The molecule has 3 nitrogen and oxygen atoms in total. The third-order valence-electron chi connectivity index (χ3n) is 4.22. The van der Waals surface area contributed by atoms with Crippen molar-refractivity contribution >= 4 is 5.95 Å². The van der Waals surface area contributed by atoms with Crippen LogP contribution in [0.15, 0.2) is 66.9 Å². The molecule has 0 atom stereocenters. The average Bonchev–Trinajstić information content (AvgIpc) is 3.37. The number of hydrogen-bond donors (Lipinski definition) is 1. The summed E-state index contributed by atoms with van der Waals surface area (Å²) in [5.74, 6) is 0.389. The zero-order valence-electron chi connectivity index (χ0n) is 12.5. The van der Waals surface area contributed by atoms with Crippen molar-refractivity contribution in [1.82, 2.24) is 9.97 Å². The predicted molar refractivity (Wildman–Crippen MR) is 88.4 cm³/mol. The first-order chi connectivity index (χ1) is 11.3. The van der Waals surface area contributed by atoms with Gasteiger partial charge in [0, 0.05) is 11.8 Å². The molecule has 4 rings (SSSR count). The standard InChI is InChI=1S/C19H16FN3/c20-16-8-6-15(7-9-16)19(11-12-19)23-18-21-13-10-17(22-18)14-4-2-1-3-5-14/h1-10,13H,11-12H2,(H,21,22,23). The Morgan fingerprint density at radius 2 is 1.65 bits per heavy atom. The minimum atomic E-state index is -0.216. The van der Waals surface area contributed by atoms with Crippen LogP contribution in [0.4, 0.5) is 10.3 Å². The van der Waals surface area contributed by atoms with Gasteiger partial charge in [-0.25, -0.2) is 14.4 Å². The third-order valence-corrected chi connectivity index (χ3v) is 4.22. The normalized spacial score (nSPS) is 15.2. The summed E-state index contributed by atoms with van der Waals surface area (Å²) in [4.78, 5) is 8.95. The minimum Gasteiger partial charge on any atom is -0.345 e. The maximum Gasteiger partial charge on any atom is 0.223 e. The van der Waals surface area contributed by atoms with E-state index in [0.29, 0.717) is 5.95 Å². The fourth-order valence-electron chi connectivity index (χ4n) is 2.78. The lowest BCUT2D eigenvalue weighted by Gasteiger charge is -2.18. The fourth-order valence-corrected chi connectivity index (χ4v) is 2.78. The summed E-state index contributed by atoms with van der Waals surface area (Å²) < 4.78 is 13.1. The average molecular weight is 305 g/mol. The molecule has 2 aromatic carbocycles. The summed E-state index contributed by atoms with van der Waals surface area (Å²) in [5, 5.41) is 3.43. The van der Waals surface area contributed by atoms with Crippen LogP contribution in [0, 0.1) is 5.82 Å². The van der Waals surface area contributed by atoms with Crippen molar-refractivity contribution in [3.8, 4) is 11.3 Å². The highest BCUT2D eigenvalue weighted by Gasteiger charge is 2.45. The van der Waals surface area contributed by atoms with Gasteiger partial charge in [0.1, 0.15) is 5.82 Å². The first-order valence-corrected chi connectivity index (χ1v) is 7.68. The molecular weight excluding hydrogens is 289 g/mol. The monoisotopic (exact) mass is 305 g/mol. The minimum absolute atomic E-state index is 0.164. The lowest BCUT2D eigenvalue weighted by Crippen LogP contribution is -2.20. The molecule has 3 aromatic rings. The second-order valence-electron chi connectivity index (χ2n) is 5.85. The lowest BCUT2D eigenvalue weighted by atomic mass is 10.1. The Hall–Kier alpha value is -2.75. The zero-order chi connectivity index (χ0) is 15.7. The van der Waals surface area contributed by atoms with Gasteiger partial charge in [-0.2, -0.15) is 0 Å². The third kappa shape index (κ3) is 2.80. The number of halogens is 1. The molecule has 114 valence electrons. The van der Waals surface area contributed by atoms with Crippen molar-refractivity contribution < 1.29 is 4.39 Å². The predicted octanol–water partition coefficient (Wildman–Crippen LogP) is 4.38. The van der Waals surface area contributed by atoms with Gasteiger partial charge in [-0.05, 0) is 36.6 Å². The number of rotatable bonds is 4. The van der Waals surface area contributed by atoms with Crippen LogP contribution < -0.4 is 5.32 Å². The molecule has 0 spiro atoms. The molecule has 1 N–H and O–H groups in total. The van der Waals surface area contributed by atoms with Gasteiger partial charge in [0.25, 0.3) is 0 Å². The van der Waals surface area contributed by atoms with Crippen molar-refractivity contribution in [3.05, 3.63) is 78.2 Å². The van der Waals surface area contributed by atoms with Crippen LogP contribution in [0.5, 0.6) is 0 Å². The molecule has 0 radical (unpaired) electrons. The molecule has 0 unspecified atom stereocenters. The smallest absolute Gasteiger partial charge is 0.223 e. The molecule has 1 aromatic heterocycles. The quantitative estimate of drug-likeness (QED) is 0.777. The highest BCUT2D eigenvalue weighted by atomic mass is 19.1. The van der Waals surface area contributed by atoms with Crippen LogP contribution in [0.2, 0.25) is 0 Å². The van der Waals surface area contributed by atoms with Crippen LogP contribution in [-0.4, -0.2) is 9.97 Å². The Morgan fingerprint density at radius 1 is 0.913 bits per heavy atom. The van der Waals surface area contributed by atoms with E-state index in [4.69, 9.17) is 0 Å². The zero-order valence-corrected chi connectivity index (χ0v) is 12.5. The van der Waals surface area contributed by atoms with Gasteiger partial charge in [-0.15, -0.1) is 0 Å². The molecule has 0 bridgehead atoms.